The molecule has 1 rings (SSSR count). The van der Waals surface area contributed by atoms with Crippen LogP contribution in [0.1, 0.15) is 19.4 Å². The molecule has 0 aromatic heterocycles. The first-order valence-corrected chi connectivity index (χ1v) is 5.59. The van der Waals surface area contributed by atoms with Gasteiger partial charge in [-0.25, -0.2) is 9.59 Å². The van der Waals surface area contributed by atoms with Crippen molar-refractivity contribution in [3.8, 4) is 0 Å². The highest BCUT2D eigenvalue weighted by molar-refractivity contribution is 5.79. The Labute approximate surface area is 105 Å². The van der Waals surface area contributed by atoms with Crippen LogP contribution in [0, 0.1) is 0 Å². The van der Waals surface area contributed by atoms with Crippen LogP contribution in [-0.2, 0) is 25.7 Å². The van der Waals surface area contributed by atoms with Gasteiger partial charge in [0.05, 0.1) is 6.61 Å². The number of ether oxygens (including phenoxy) is 2. The van der Waals surface area contributed by atoms with Gasteiger partial charge in [0.1, 0.15) is 0 Å². The molecular formula is C13H16O5. The van der Waals surface area contributed by atoms with Gasteiger partial charge in [-0.05, 0) is 19.4 Å². The van der Waals surface area contributed by atoms with Crippen molar-refractivity contribution in [3.05, 3.63) is 35.9 Å². The minimum absolute atomic E-state index is 0.276. The lowest BCUT2D eigenvalue weighted by Gasteiger charge is -2.14. The molecule has 1 aromatic rings. The molecule has 1 aromatic carbocycles. The van der Waals surface area contributed by atoms with Crippen LogP contribution >= 0.6 is 0 Å². The Morgan fingerprint density at radius 2 is 1.78 bits per heavy atom. The maximum atomic E-state index is 11.5. The van der Waals surface area contributed by atoms with E-state index in [9.17, 15) is 9.59 Å². The third-order valence-corrected chi connectivity index (χ3v) is 2.32. The fourth-order valence-electron chi connectivity index (χ4n) is 1.18. The molecule has 0 bridgehead atoms. The lowest BCUT2D eigenvalue weighted by Crippen LogP contribution is -2.30. The van der Waals surface area contributed by atoms with Crippen LogP contribution in [0.4, 0.5) is 0 Å². The molecule has 0 saturated carbocycles. The molecule has 18 heavy (non-hydrogen) atoms. The highest BCUT2D eigenvalue weighted by Crippen LogP contribution is 2.05. The number of esters is 1. The molecule has 0 aliphatic heterocycles. The Bertz CT molecular complexity index is 401. The number of carboxylic acid groups (broad SMARTS) is 1. The normalized spacial score (nSPS) is 13.7. The Morgan fingerprint density at radius 1 is 1.17 bits per heavy atom. The quantitative estimate of drug-likeness (QED) is 0.779. The zero-order valence-corrected chi connectivity index (χ0v) is 10.3. The number of carbonyl (C=O) groups is 2. The van der Waals surface area contributed by atoms with Crippen molar-refractivity contribution in [2.75, 3.05) is 0 Å². The van der Waals surface area contributed by atoms with Gasteiger partial charge in [-0.15, -0.1) is 0 Å². The van der Waals surface area contributed by atoms with Gasteiger partial charge < -0.3 is 14.6 Å². The van der Waals surface area contributed by atoms with Crippen molar-refractivity contribution >= 4 is 11.9 Å². The van der Waals surface area contributed by atoms with E-state index in [0.29, 0.717) is 0 Å². The topological polar surface area (TPSA) is 72.8 Å². The Kier molecular flexibility index (Phi) is 5.32. The Balaban J connectivity index is 2.39. The molecule has 0 unspecified atom stereocenters. The second-order valence-corrected chi connectivity index (χ2v) is 3.86. The van der Waals surface area contributed by atoms with Gasteiger partial charge in [0.25, 0.3) is 0 Å². The van der Waals surface area contributed by atoms with Crippen molar-refractivity contribution in [2.24, 2.45) is 0 Å². The SMILES string of the molecule is C[C@H](OCc1ccccc1)C(=O)O[C@H](C)C(=O)O. The molecule has 0 radical (unpaired) electrons. The average Bonchev–Trinajstić information content (AvgIpc) is 2.36. The first-order valence-electron chi connectivity index (χ1n) is 5.59. The van der Waals surface area contributed by atoms with E-state index < -0.39 is 24.1 Å². The van der Waals surface area contributed by atoms with Crippen molar-refractivity contribution < 1.29 is 24.2 Å². The van der Waals surface area contributed by atoms with Crippen LogP contribution < -0.4 is 0 Å². The summed E-state index contributed by atoms with van der Waals surface area (Å²) in [6.07, 6.45) is -1.97. The van der Waals surface area contributed by atoms with Crippen molar-refractivity contribution in [1.29, 1.82) is 0 Å². The molecule has 98 valence electrons. The summed E-state index contributed by atoms with van der Waals surface area (Å²) in [5, 5.41) is 8.60. The Hall–Kier alpha value is -1.88. The maximum Gasteiger partial charge on any atom is 0.344 e. The summed E-state index contributed by atoms with van der Waals surface area (Å²) in [5.41, 5.74) is 0.934. The summed E-state index contributed by atoms with van der Waals surface area (Å²) in [4.78, 5) is 22.0. The van der Waals surface area contributed by atoms with Crippen molar-refractivity contribution in [2.45, 2.75) is 32.7 Å². The first-order chi connectivity index (χ1) is 8.50. The van der Waals surface area contributed by atoms with Crippen molar-refractivity contribution in [1.82, 2.24) is 0 Å². The molecule has 0 aliphatic rings. The number of aliphatic carboxylic acids is 1. The van der Waals surface area contributed by atoms with Crippen LogP contribution in [0.25, 0.3) is 0 Å². The molecule has 0 fully saturated rings. The third kappa shape index (κ3) is 4.55. The maximum absolute atomic E-state index is 11.5. The molecule has 0 amide bonds. The molecule has 0 aliphatic carbocycles. The summed E-state index contributed by atoms with van der Waals surface area (Å²) in [6, 6.07) is 9.37. The standard InChI is InChI=1S/C13H16O5/c1-9(12(14)15)18-13(16)10(2)17-8-11-6-4-3-5-7-11/h3-7,9-10H,8H2,1-2H3,(H,14,15)/t9-,10+/m1/s1. The van der Waals surface area contributed by atoms with Gasteiger partial charge in [0, 0.05) is 0 Å². The predicted molar refractivity (Wildman–Crippen MR) is 63.9 cm³/mol. The van der Waals surface area contributed by atoms with Gasteiger partial charge in [-0.3, -0.25) is 0 Å². The fraction of sp³-hybridized carbons (Fsp3) is 0.385. The van der Waals surface area contributed by atoms with E-state index in [4.69, 9.17) is 14.6 Å². The first kappa shape index (κ1) is 14.2. The third-order valence-electron chi connectivity index (χ3n) is 2.32. The largest absolute Gasteiger partial charge is 0.479 e. The van der Waals surface area contributed by atoms with E-state index in [1.54, 1.807) is 0 Å². The molecule has 1 N–H and O–H groups in total. The highest BCUT2D eigenvalue weighted by Gasteiger charge is 2.21. The second-order valence-electron chi connectivity index (χ2n) is 3.86. The minimum atomic E-state index is -1.18. The summed E-state index contributed by atoms with van der Waals surface area (Å²) >= 11 is 0. The summed E-state index contributed by atoms with van der Waals surface area (Å²) in [5.74, 6) is -1.86. The molecule has 0 saturated heterocycles. The molecular weight excluding hydrogens is 236 g/mol. The van der Waals surface area contributed by atoms with Crippen LogP contribution in [0.2, 0.25) is 0 Å². The van der Waals surface area contributed by atoms with Gasteiger partial charge in [-0.2, -0.15) is 0 Å². The summed E-state index contributed by atoms with van der Waals surface area (Å²) < 4.78 is 10.0. The fourth-order valence-corrected chi connectivity index (χ4v) is 1.18. The van der Waals surface area contributed by atoms with Gasteiger partial charge >= 0.3 is 11.9 Å². The van der Waals surface area contributed by atoms with E-state index in [1.165, 1.54) is 13.8 Å². The zero-order valence-electron chi connectivity index (χ0n) is 10.3. The molecule has 0 spiro atoms. The number of carboxylic acids is 1. The van der Waals surface area contributed by atoms with Gasteiger partial charge in [-0.1, -0.05) is 30.3 Å². The van der Waals surface area contributed by atoms with Gasteiger partial charge in [0.2, 0.25) is 0 Å². The molecule has 2 atom stereocenters. The van der Waals surface area contributed by atoms with Crippen LogP contribution in [0.15, 0.2) is 30.3 Å². The van der Waals surface area contributed by atoms with E-state index in [2.05, 4.69) is 0 Å². The number of hydrogen-bond acceptors (Lipinski definition) is 4. The van der Waals surface area contributed by atoms with E-state index in [0.717, 1.165) is 5.56 Å². The smallest absolute Gasteiger partial charge is 0.344 e. The highest BCUT2D eigenvalue weighted by atomic mass is 16.6. The number of rotatable bonds is 6. The van der Waals surface area contributed by atoms with Gasteiger partial charge in [0.15, 0.2) is 12.2 Å². The lowest BCUT2D eigenvalue weighted by molar-refractivity contribution is -0.171. The second kappa shape index (κ2) is 6.76. The van der Waals surface area contributed by atoms with Crippen LogP contribution in [-0.4, -0.2) is 29.3 Å². The van der Waals surface area contributed by atoms with E-state index >= 15 is 0 Å². The average molecular weight is 252 g/mol. The monoisotopic (exact) mass is 252 g/mol. The lowest BCUT2D eigenvalue weighted by atomic mass is 10.2. The summed E-state index contributed by atoms with van der Waals surface area (Å²) in [6.45, 7) is 3.10. The number of carbonyl (C=O) groups excluding carboxylic acids is 1. The molecule has 5 nitrogen and oxygen atoms in total. The molecule has 0 heterocycles. The van der Waals surface area contributed by atoms with Crippen LogP contribution in [0.3, 0.4) is 0 Å². The minimum Gasteiger partial charge on any atom is -0.479 e. The molecule has 5 heteroatoms. The van der Waals surface area contributed by atoms with Crippen molar-refractivity contribution in [3.63, 3.8) is 0 Å². The van der Waals surface area contributed by atoms with Crippen LogP contribution in [0.5, 0.6) is 0 Å². The summed E-state index contributed by atoms with van der Waals surface area (Å²) in [7, 11) is 0. The Morgan fingerprint density at radius 3 is 2.33 bits per heavy atom. The van der Waals surface area contributed by atoms with E-state index in [1.807, 2.05) is 30.3 Å². The number of hydrogen-bond donors (Lipinski definition) is 1. The van der Waals surface area contributed by atoms with E-state index in [-0.39, 0.29) is 6.61 Å². The predicted octanol–water partition coefficient (Wildman–Crippen LogP) is 1.61. The number of benzene rings is 1. The zero-order chi connectivity index (χ0) is 13.5.